The van der Waals surface area contributed by atoms with E-state index in [2.05, 4.69) is 4.98 Å². The van der Waals surface area contributed by atoms with Crippen LogP contribution in [0.2, 0.25) is 5.02 Å². The van der Waals surface area contributed by atoms with Gasteiger partial charge in [-0.1, -0.05) is 40.6 Å². The van der Waals surface area contributed by atoms with Crippen molar-refractivity contribution in [1.82, 2.24) is 4.98 Å². The van der Waals surface area contributed by atoms with Gasteiger partial charge in [0.2, 0.25) is 24.0 Å². The van der Waals surface area contributed by atoms with Gasteiger partial charge < -0.3 is 9.64 Å². The molecule has 1 aliphatic rings. The average Bonchev–Trinajstić information content (AvgIpc) is 3.22. The van der Waals surface area contributed by atoms with E-state index in [1.165, 1.54) is 36.4 Å². The number of halogens is 1. The minimum atomic E-state index is -4.07. The number of hydrogen-bond acceptors (Lipinski definition) is 8. The van der Waals surface area contributed by atoms with Crippen LogP contribution in [0, 0.1) is 6.92 Å². The first-order valence-electron chi connectivity index (χ1n) is 9.35. The maximum atomic E-state index is 13.4. The van der Waals surface area contributed by atoms with Gasteiger partial charge in [0.1, 0.15) is 5.00 Å². The van der Waals surface area contributed by atoms with Crippen LogP contribution in [0.1, 0.15) is 5.56 Å². The highest BCUT2D eigenvalue weighted by Crippen LogP contribution is 2.39. The molecule has 0 saturated carbocycles. The van der Waals surface area contributed by atoms with E-state index in [9.17, 15) is 16.8 Å². The van der Waals surface area contributed by atoms with E-state index < -0.39 is 19.7 Å². The molecule has 1 aliphatic heterocycles. The lowest BCUT2D eigenvalue weighted by Gasteiger charge is -2.27. The van der Waals surface area contributed by atoms with E-state index in [1.54, 1.807) is 17.0 Å². The van der Waals surface area contributed by atoms with Gasteiger partial charge in [-0.25, -0.2) is 21.8 Å². The molecule has 7 nitrogen and oxygen atoms in total. The van der Waals surface area contributed by atoms with Crippen LogP contribution < -0.4 is 4.90 Å². The Labute approximate surface area is 190 Å². The number of ether oxygens (including phenoxy) is 1. The Morgan fingerprint density at radius 2 is 1.45 bits per heavy atom. The van der Waals surface area contributed by atoms with Crippen LogP contribution in [-0.4, -0.2) is 48.1 Å². The number of sulfone groups is 2. The quantitative estimate of drug-likeness (QED) is 0.530. The second kappa shape index (κ2) is 8.51. The molecule has 0 unspecified atom stereocenters. The van der Waals surface area contributed by atoms with Crippen molar-refractivity contribution < 1.29 is 21.6 Å². The molecule has 1 fully saturated rings. The Balaban J connectivity index is 1.87. The molecular weight excluding hydrogens is 480 g/mol. The molecule has 0 spiro atoms. The first kappa shape index (κ1) is 22.2. The molecule has 2 heterocycles. The van der Waals surface area contributed by atoms with E-state index in [0.717, 1.165) is 16.9 Å². The van der Waals surface area contributed by atoms with Gasteiger partial charge in [-0.2, -0.15) is 0 Å². The highest BCUT2D eigenvalue weighted by atomic mass is 35.5. The fraction of sp³-hybridized carbons (Fsp3) is 0.250. The molecule has 4 rings (SSSR count). The number of nitrogens with zero attached hydrogens (tertiary/aromatic N) is 2. The molecule has 0 N–H and O–H groups in total. The van der Waals surface area contributed by atoms with Crippen LogP contribution in [0.25, 0.3) is 0 Å². The topological polar surface area (TPSA) is 93.6 Å². The molecule has 0 amide bonds. The fourth-order valence-electron chi connectivity index (χ4n) is 3.08. The summed E-state index contributed by atoms with van der Waals surface area (Å²) in [4.78, 5) is 6.02. The summed E-state index contributed by atoms with van der Waals surface area (Å²) in [6.07, 6.45) is 0. The zero-order valence-electron chi connectivity index (χ0n) is 16.5. The second-order valence-electron chi connectivity index (χ2n) is 6.96. The molecule has 3 aromatic rings. The highest BCUT2D eigenvalue weighted by molar-refractivity contribution is 7.94. The lowest BCUT2D eigenvalue weighted by atomic mass is 10.2. The molecule has 1 saturated heterocycles. The maximum absolute atomic E-state index is 13.4. The lowest BCUT2D eigenvalue weighted by molar-refractivity contribution is 0.123. The summed E-state index contributed by atoms with van der Waals surface area (Å²) >= 11 is 6.76. The van der Waals surface area contributed by atoms with Crippen molar-refractivity contribution in [1.29, 1.82) is 0 Å². The van der Waals surface area contributed by atoms with Crippen LogP contribution in [-0.2, 0) is 24.4 Å². The van der Waals surface area contributed by atoms with Crippen molar-refractivity contribution in [2.45, 2.75) is 26.1 Å². The monoisotopic (exact) mass is 498 g/mol. The Morgan fingerprint density at radius 3 is 2.06 bits per heavy atom. The summed E-state index contributed by atoms with van der Waals surface area (Å²) in [5.41, 5.74) is 0.915. The average molecular weight is 499 g/mol. The van der Waals surface area contributed by atoms with Crippen LogP contribution in [0.15, 0.2) is 67.7 Å². The van der Waals surface area contributed by atoms with E-state index >= 15 is 0 Å². The molecule has 0 radical (unpaired) electrons. The number of thiazole rings is 1. The normalized spacial score (nSPS) is 15.2. The Morgan fingerprint density at radius 1 is 0.903 bits per heavy atom. The van der Waals surface area contributed by atoms with Crippen LogP contribution in [0.3, 0.4) is 0 Å². The SMILES string of the molecule is Cc1ccc(S(=O)(=O)c2nc(S(=O)(=O)c3ccc(Cl)cc3)c(N3CCOCC3)s2)cc1. The number of anilines is 1. The number of benzene rings is 2. The fourth-order valence-corrected chi connectivity index (χ4v) is 7.68. The summed E-state index contributed by atoms with van der Waals surface area (Å²) in [5, 5.41) is 0.421. The van der Waals surface area contributed by atoms with Gasteiger partial charge >= 0.3 is 0 Å². The van der Waals surface area contributed by atoms with Crippen molar-refractivity contribution >= 4 is 47.6 Å². The van der Waals surface area contributed by atoms with Gasteiger partial charge in [-0.05, 0) is 43.3 Å². The molecule has 31 heavy (non-hydrogen) atoms. The van der Waals surface area contributed by atoms with Gasteiger partial charge in [0.05, 0.1) is 23.0 Å². The summed E-state index contributed by atoms with van der Waals surface area (Å²) < 4.78 is 58.2. The van der Waals surface area contributed by atoms with Crippen molar-refractivity contribution in [2.24, 2.45) is 0 Å². The van der Waals surface area contributed by atoms with Crippen LogP contribution in [0.5, 0.6) is 0 Å². The minimum Gasteiger partial charge on any atom is -0.378 e. The highest BCUT2D eigenvalue weighted by Gasteiger charge is 2.34. The van der Waals surface area contributed by atoms with Crippen LogP contribution >= 0.6 is 22.9 Å². The molecule has 2 aromatic carbocycles. The van der Waals surface area contributed by atoms with Crippen molar-refractivity contribution in [3.63, 3.8) is 0 Å². The van der Waals surface area contributed by atoms with E-state index in [4.69, 9.17) is 16.3 Å². The number of aryl methyl sites for hydroxylation is 1. The van der Waals surface area contributed by atoms with Crippen molar-refractivity contribution in [3.05, 3.63) is 59.1 Å². The number of hydrogen-bond donors (Lipinski definition) is 0. The molecule has 1 aromatic heterocycles. The minimum absolute atomic E-state index is 0.00371. The third kappa shape index (κ3) is 4.35. The zero-order chi connectivity index (χ0) is 22.2. The third-order valence-electron chi connectivity index (χ3n) is 4.80. The summed E-state index contributed by atoms with van der Waals surface area (Å²) in [6, 6.07) is 12.1. The Kier molecular flexibility index (Phi) is 6.10. The summed E-state index contributed by atoms with van der Waals surface area (Å²) in [5.74, 6) is 0. The van der Waals surface area contributed by atoms with Gasteiger partial charge in [0.25, 0.3) is 0 Å². The summed E-state index contributed by atoms with van der Waals surface area (Å²) in [7, 11) is -8.05. The van der Waals surface area contributed by atoms with Gasteiger partial charge in [0.15, 0.2) is 5.03 Å². The molecule has 164 valence electrons. The number of aromatic nitrogens is 1. The zero-order valence-corrected chi connectivity index (χ0v) is 19.7. The third-order valence-corrected chi connectivity index (χ3v) is 10.1. The van der Waals surface area contributed by atoms with E-state index in [0.29, 0.717) is 36.3 Å². The maximum Gasteiger partial charge on any atom is 0.233 e. The smallest absolute Gasteiger partial charge is 0.233 e. The largest absolute Gasteiger partial charge is 0.378 e. The lowest BCUT2D eigenvalue weighted by Crippen LogP contribution is -2.36. The molecule has 11 heteroatoms. The van der Waals surface area contributed by atoms with Crippen LogP contribution in [0.4, 0.5) is 5.00 Å². The van der Waals surface area contributed by atoms with Gasteiger partial charge in [-0.3, -0.25) is 0 Å². The predicted octanol–water partition coefficient (Wildman–Crippen LogP) is 3.61. The predicted molar refractivity (Wildman–Crippen MR) is 119 cm³/mol. The first-order valence-corrected chi connectivity index (χ1v) is 13.5. The molecule has 0 aliphatic carbocycles. The van der Waals surface area contributed by atoms with E-state index in [-0.39, 0.29) is 19.2 Å². The van der Waals surface area contributed by atoms with E-state index in [1.807, 2.05) is 6.92 Å². The number of rotatable bonds is 5. The first-order chi connectivity index (χ1) is 14.7. The second-order valence-corrected chi connectivity index (χ2v) is 12.4. The number of morpholine rings is 1. The molecule has 0 atom stereocenters. The molecule has 0 bridgehead atoms. The van der Waals surface area contributed by atoms with Gasteiger partial charge in [0, 0.05) is 18.1 Å². The Bertz CT molecular complexity index is 1300. The standard InChI is InChI=1S/C20H19ClN2O5S3/c1-14-2-6-17(7-3-14)31(26,27)20-22-18(19(29-20)23-10-12-28-13-11-23)30(24,25)16-8-4-15(21)5-9-16/h2-9H,10-13H2,1H3. The van der Waals surface area contributed by atoms with Crippen molar-refractivity contribution in [2.75, 3.05) is 31.2 Å². The Hall–Kier alpha value is -1.98. The van der Waals surface area contributed by atoms with Crippen molar-refractivity contribution in [3.8, 4) is 0 Å². The van der Waals surface area contributed by atoms with Gasteiger partial charge in [-0.15, -0.1) is 0 Å². The molecular formula is C20H19ClN2O5S3. The summed E-state index contributed by atoms with van der Waals surface area (Å²) in [6.45, 7) is 3.56.